The summed E-state index contributed by atoms with van der Waals surface area (Å²) in [4.78, 5) is 15.5. The number of Topliss-reactive ketones (excluding diaryl/α,β-unsaturated/α-hetero) is 1. The third kappa shape index (κ3) is 3.23. The molecule has 0 aliphatic rings. The molecule has 0 aliphatic heterocycles. The summed E-state index contributed by atoms with van der Waals surface area (Å²) >= 11 is 5.13. The van der Waals surface area contributed by atoms with Crippen LogP contribution in [0.4, 0.5) is 0 Å². The Morgan fingerprint density at radius 3 is 2.88 bits per heavy atom. The normalized spacial score (nSPS) is 10.5. The summed E-state index contributed by atoms with van der Waals surface area (Å²) in [6.07, 6.45) is 1.30. The van der Waals surface area contributed by atoms with Crippen molar-refractivity contribution in [1.82, 2.24) is 4.98 Å². The maximum atomic E-state index is 10.9. The van der Waals surface area contributed by atoms with E-state index in [0.29, 0.717) is 6.42 Å². The van der Waals surface area contributed by atoms with Gasteiger partial charge in [-0.2, -0.15) is 0 Å². The van der Waals surface area contributed by atoms with Crippen LogP contribution in [0, 0.1) is 0 Å². The van der Waals surface area contributed by atoms with Crippen molar-refractivity contribution < 1.29 is 4.79 Å². The van der Waals surface area contributed by atoms with Gasteiger partial charge in [-0.25, -0.2) is 4.98 Å². The van der Waals surface area contributed by atoms with Crippen molar-refractivity contribution in [3.05, 3.63) is 39.8 Å². The van der Waals surface area contributed by atoms with E-state index in [1.165, 1.54) is 0 Å². The highest BCUT2D eigenvalue weighted by molar-refractivity contribution is 9.10. The van der Waals surface area contributed by atoms with Crippen molar-refractivity contribution in [2.24, 2.45) is 0 Å². The number of benzene rings is 1. The fraction of sp³-hybridized carbons (Fsp3) is 0.231. The smallest absolute Gasteiger partial charge is 0.130 e. The Balaban J connectivity index is 2.18. The molecule has 0 N–H and O–H groups in total. The number of hydrogen-bond acceptors (Lipinski definition) is 3. The Morgan fingerprint density at radius 1 is 1.41 bits per heavy atom. The maximum Gasteiger partial charge on any atom is 0.130 e. The van der Waals surface area contributed by atoms with E-state index >= 15 is 0 Å². The van der Waals surface area contributed by atoms with Crippen molar-refractivity contribution in [3.63, 3.8) is 0 Å². The molecule has 0 bridgehead atoms. The van der Waals surface area contributed by atoms with Crippen LogP contribution < -0.4 is 0 Å². The minimum atomic E-state index is 0.209. The van der Waals surface area contributed by atoms with Crippen LogP contribution in [0.2, 0.25) is 0 Å². The van der Waals surface area contributed by atoms with Gasteiger partial charge in [-0.05, 0) is 19.4 Å². The highest BCUT2D eigenvalue weighted by Crippen LogP contribution is 2.30. The first-order valence-electron chi connectivity index (χ1n) is 5.35. The van der Waals surface area contributed by atoms with Crippen LogP contribution >= 0.6 is 27.3 Å². The molecule has 2 aromatic rings. The Morgan fingerprint density at radius 2 is 2.18 bits per heavy atom. The SMILES string of the molecule is CC(=O)CCc1csc(-c2ccccc2Br)n1. The molecule has 4 heteroatoms. The van der Waals surface area contributed by atoms with Gasteiger partial charge in [-0.15, -0.1) is 11.3 Å². The number of hydrogen-bond donors (Lipinski definition) is 0. The number of carbonyl (C=O) groups excluding carboxylic acids is 1. The van der Waals surface area contributed by atoms with Crippen molar-refractivity contribution in [1.29, 1.82) is 0 Å². The van der Waals surface area contributed by atoms with E-state index in [1.807, 2.05) is 29.6 Å². The summed E-state index contributed by atoms with van der Waals surface area (Å²) in [6.45, 7) is 1.61. The van der Waals surface area contributed by atoms with E-state index in [2.05, 4.69) is 20.9 Å². The van der Waals surface area contributed by atoms with E-state index in [-0.39, 0.29) is 5.78 Å². The van der Waals surface area contributed by atoms with Gasteiger partial charge in [0.05, 0.1) is 5.69 Å². The Kier molecular flexibility index (Phi) is 4.07. The Hall–Kier alpha value is -1.000. The van der Waals surface area contributed by atoms with Crippen LogP contribution in [0.1, 0.15) is 19.0 Å². The zero-order valence-corrected chi connectivity index (χ0v) is 11.8. The fourth-order valence-electron chi connectivity index (χ4n) is 1.48. The molecule has 2 rings (SSSR count). The molecule has 0 spiro atoms. The number of aryl methyl sites for hydroxylation is 1. The van der Waals surface area contributed by atoms with Crippen LogP contribution in [-0.2, 0) is 11.2 Å². The monoisotopic (exact) mass is 309 g/mol. The molecule has 88 valence electrons. The molecule has 1 aromatic heterocycles. The highest BCUT2D eigenvalue weighted by Gasteiger charge is 2.08. The molecule has 17 heavy (non-hydrogen) atoms. The van der Waals surface area contributed by atoms with E-state index in [1.54, 1.807) is 18.3 Å². The first-order valence-corrected chi connectivity index (χ1v) is 7.03. The second kappa shape index (κ2) is 5.56. The lowest BCUT2D eigenvalue weighted by Gasteiger charge is -1.98. The molecule has 0 saturated heterocycles. The summed E-state index contributed by atoms with van der Waals surface area (Å²) in [5.74, 6) is 0.209. The predicted octanol–water partition coefficient (Wildman–Crippen LogP) is 4.09. The van der Waals surface area contributed by atoms with Crippen molar-refractivity contribution in [2.75, 3.05) is 0 Å². The van der Waals surface area contributed by atoms with Gasteiger partial charge < -0.3 is 4.79 Å². The molecule has 0 fully saturated rings. The fourth-order valence-corrected chi connectivity index (χ4v) is 2.98. The lowest BCUT2D eigenvalue weighted by molar-refractivity contribution is -0.116. The average molecular weight is 310 g/mol. The van der Waals surface area contributed by atoms with Crippen LogP contribution in [0.15, 0.2) is 34.1 Å². The Labute approximate surface area is 113 Å². The number of rotatable bonds is 4. The zero-order chi connectivity index (χ0) is 12.3. The lowest BCUT2D eigenvalue weighted by Crippen LogP contribution is -1.94. The molecular weight excluding hydrogens is 298 g/mol. The standard InChI is InChI=1S/C13H12BrNOS/c1-9(16)6-7-10-8-17-13(15-10)11-4-2-3-5-12(11)14/h2-5,8H,6-7H2,1H3. The summed E-state index contributed by atoms with van der Waals surface area (Å²) in [7, 11) is 0. The van der Waals surface area contributed by atoms with Gasteiger partial charge in [0.2, 0.25) is 0 Å². The zero-order valence-electron chi connectivity index (χ0n) is 9.44. The second-order valence-electron chi connectivity index (χ2n) is 3.83. The van der Waals surface area contributed by atoms with E-state index in [4.69, 9.17) is 0 Å². The molecule has 0 amide bonds. The molecule has 0 radical (unpaired) electrons. The van der Waals surface area contributed by atoms with E-state index in [0.717, 1.165) is 27.2 Å². The van der Waals surface area contributed by atoms with E-state index < -0.39 is 0 Å². The summed E-state index contributed by atoms with van der Waals surface area (Å²) in [5, 5.41) is 3.02. The maximum absolute atomic E-state index is 10.9. The molecule has 1 aromatic carbocycles. The third-order valence-corrected chi connectivity index (χ3v) is 4.01. The van der Waals surface area contributed by atoms with Crippen LogP contribution in [0.3, 0.4) is 0 Å². The molecule has 0 unspecified atom stereocenters. The van der Waals surface area contributed by atoms with Gasteiger partial charge >= 0.3 is 0 Å². The molecule has 0 aliphatic carbocycles. The van der Waals surface area contributed by atoms with Gasteiger partial charge in [-0.1, -0.05) is 34.1 Å². The highest BCUT2D eigenvalue weighted by atomic mass is 79.9. The van der Waals surface area contributed by atoms with Crippen molar-refractivity contribution in [3.8, 4) is 10.6 Å². The Bertz CT molecular complexity index is 536. The van der Waals surface area contributed by atoms with Crippen molar-refractivity contribution >= 4 is 33.0 Å². The number of aromatic nitrogens is 1. The molecular formula is C13H12BrNOS. The minimum Gasteiger partial charge on any atom is -0.300 e. The first-order chi connectivity index (χ1) is 8.16. The van der Waals surface area contributed by atoms with Gasteiger partial charge in [0.25, 0.3) is 0 Å². The van der Waals surface area contributed by atoms with Gasteiger partial charge in [0.15, 0.2) is 0 Å². The molecule has 2 nitrogen and oxygen atoms in total. The second-order valence-corrected chi connectivity index (χ2v) is 5.54. The van der Waals surface area contributed by atoms with Crippen LogP contribution in [0.25, 0.3) is 10.6 Å². The van der Waals surface area contributed by atoms with Crippen molar-refractivity contribution in [2.45, 2.75) is 19.8 Å². The summed E-state index contributed by atoms with van der Waals surface area (Å²) in [5.41, 5.74) is 2.10. The molecule has 0 atom stereocenters. The molecule has 1 heterocycles. The number of nitrogens with zero attached hydrogens (tertiary/aromatic N) is 1. The quantitative estimate of drug-likeness (QED) is 0.851. The number of ketones is 1. The first kappa shape index (κ1) is 12.5. The topological polar surface area (TPSA) is 30.0 Å². The molecule has 0 saturated carbocycles. The largest absolute Gasteiger partial charge is 0.300 e. The average Bonchev–Trinajstić information content (AvgIpc) is 2.75. The van der Waals surface area contributed by atoms with E-state index in [9.17, 15) is 4.79 Å². The predicted molar refractivity (Wildman–Crippen MR) is 74.3 cm³/mol. The van der Waals surface area contributed by atoms with Crippen LogP contribution in [-0.4, -0.2) is 10.8 Å². The minimum absolute atomic E-state index is 0.209. The lowest BCUT2D eigenvalue weighted by atomic mass is 10.2. The summed E-state index contributed by atoms with van der Waals surface area (Å²) < 4.78 is 1.05. The van der Waals surface area contributed by atoms with Gasteiger partial charge in [0, 0.05) is 21.8 Å². The van der Waals surface area contributed by atoms with Crippen LogP contribution in [0.5, 0.6) is 0 Å². The third-order valence-electron chi connectivity index (χ3n) is 2.39. The van der Waals surface area contributed by atoms with Gasteiger partial charge in [-0.3, -0.25) is 0 Å². The number of halogens is 1. The summed E-state index contributed by atoms with van der Waals surface area (Å²) in [6, 6.07) is 8.03. The number of carbonyl (C=O) groups is 1. The van der Waals surface area contributed by atoms with Gasteiger partial charge in [0.1, 0.15) is 10.8 Å². The number of thiazole rings is 1.